The zero-order chi connectivity index (χ0) is 7.98. The third-order valence-electron chi connectivity index (χ3n) is 1.21. The van der Waals surface area contributed by atoms with Crippen molar-refractivity contribution in [3.63, 3.8) is 0 Å². The number of unbranched alkanes of at least 4 members (excludes halogenated alkanes) is 1. The van der Waals surface area contributed by atoms with Gasteiger partial charge in [0.15, 0.2) is 0 Å². The molecule has 0 bridgehead atoms. The Morgan fingerprint density at radius 3 is 2.40 bits per heavy atom. The Labute approximate surface area is 63.6 Å². The molecule has 1 nitrogen and oxygen atoms in total. The molecular weight excluding hydrogens is 122 g/mol. The standard InChI is InChI=1S/C9H17N/c1-4-5-6-8(2)7-9(3)10/h6-7H,4-5,10H2,1-3H3/b8-6-,9-7-. The Hall–Kier alpha value is -0.720. The van der Waals surface area contributed by atoms with E-state index in [1.54, 1.807) is 0 Å². The molecule has 0 amide bonds. The van der Waals surface area contributed by atoms with E-state index in [2.05, 4.69) is 19.9 Å². The van der Waals surface area contributed by atoms with E-state index in [1.165, 1.54) is 12.0 Å². The summed E-state index contributed by atoms with van der Waals surface area (Å²) in [5.41, 5.74) is 7.63. The van der Waals surface area contributed by atoms with Crippen LogP contribution in [0.15, 0.2) is 23.4 Å². The van der Waals surface area contributed by atoms with E-state index in [4.69, 9.17) is 5.73 Å². The minimum atomic E-state index is 0.879. The van der Waals surface area contributed by atoms with Crippen molar-refractivity contribution in [3.05, 3.63) is 23.4 Å². The van der Waals surface area contributed by atoms with Gasteiger partial charge in [-0.3, -0.25) is 0 Å². The molecule has 0 heterocycles. The fourth-order valence-corrected chi connectivity index (χ4v) is 0.790. The van der Waals surface area contributed by atoms with Crippen LogP contribution in [0.1, 0.15) is 33.6 Å². The van der Waals surface area contributed by atoms with Gasteiger partial charge in [0, 0.05) is 5.70 Å². The van der Waals surface area contributed by atoms with Crippen LogP contribution in [-0.2, 0) is 0 Å². The van der Waals surface area contributed by atoms with E-state index >= 15 is 0 Å². The number of rotatable bonds is 3. The maximum atomic E-state index is 5.49. The van der Waals surface area contributed by atoms with E-state index in [0.29, 0.717) is 0 Å². The Morgan fingerprint density at radius 2 is 2.00 bits per heavy atom. The van der Waals surface area contributed by atoms with Crippen LogP contribution in [0, 0.1) is 0 Å². The van der Waals surface area contributed by atoms with E-state index < -0.39 is 0 Å². The lowest BCUT2D eigenvalue weighted by molar-refractivity contribution is 0.951. The second kappa shape index (κ2) is 5.10. The summed E-state index contributed by atoms with van der Waals surface area (Å²) in [4.78, 5) is 0. The van der Waals surface area contributed by atoms with E-state index in [-0.39, 0.29) is 0 Å². The summed E-state index contributed by atoms with van der Waals surface area (Å²) in [5, 5.41) is 0. The molecule has 58 valence electrons. The van der Waals surface area contributed by atoms with Crippen molar-refractivity contribution in [2.45, 2.75) is 33.6 Å². The Balaban J connectivity index is 3.82. The summed E-state index contributed by atoms with van der Waals surface area (Å²) in [7, 11) is 0. The lowest BCUT2D eigenvalue weighted by atomic mass is 10.2. The molecule has 0 atom stereocenters. The van der Waals surface area contributed by atoms with Crippen LogP contribution in [0.25, 0.3) is 0 Å². The van der Waals surface area contributed by atoms with Crippen molar-refractivity contribution in [3.8, 4) is 0 Å². The van der Waals surface area contributed by atoms with Crippen LogP contribution >= 0.6 is 0 Å². The molecule has 0 aliphatic carbocycles. The van der Waals surface area contributed by atoms with Crippen molar-refractivity contribution >= 4 is 0 Å². The number of hydrogen-bond donors (Lipinski definition) is 1. The molecule has 0 saturated heterocycles. The molecule has 0 aromatic rings. The lowest BCUT2D eigenvalue weighted by Gasteiger charge is -1.92. The molecule has 0 aromatic carbocycles. The van der Waals surface area contributed by atoms with Gasteiger partial charge >= 0.3 is 0 Å². The van der Waals surface area contributed by atoms with Crippen molar-refractivity contribution < 1.29 is 0 Å². The maximum Gasteiger partial charge on any atom is 0.00514 e. The average molecular weight is 139 g/mol. The molecule has 0 saturated carbocycles. The smallest absolute Gasteiger partial charge is 0.00514 e. The van der Waals surface area contributed by atoms with Crippen LogP contribution < -0.4 is 5.73 Å². The number of nitrogens with two attached hydrogens (primary N) is 1. The molecule has 10 heavy (non-hydrogen) atoms. The molecule has 0 aromatic heterocycles. The van der Waals surface area contributed by atoms with Crippen LogP contribution in [-0.4, -0.2) is 0 Å². The van der Waals surface area contributed by atoms with Crippen LogP contribution in [0.4, 0.5) is 0 Å². The molecule has 0 fully saturated rings. The zero-order valence-corrected chi connectivity index (χ0v) is 7.15. The second-order valence-electron chi connectivity index (χ2n) is 2.63. The van der Waals surface area contributed by atoms with Crippen molar-refractivity contribution in [2.75, 3.05) is 0 Å². The third-order valence-corrected chi connectivity index (χ3v) is 1.21. The van der Waals surface area contributed by atoms with Gasteiger partial charge in [-0.05, 0) is 26.3 Å². The first kappa shape index (κ1) is 9.28. The Morgan fingerprint density at radius 1 is 1.40 bits per heavy atom. The lowest BCUT2D eigenvalue weighted by Crippen LogP contribution is -1.89. The highest BCUT2D eigenvalue weighted by atomic mass is 14.5. The summed E-state index contributed by atoms with van der Waals surface area (Å²) < 4.78 is 0. The molecule has 0 radical (unpaired) electrons. The summed E-state index contributed by atoms with van der Waals surface area (Å²) >= 11 is 0. The quantitative estimate of drug-likeness (QED) is 0.597. The highest BCUT2D eigenvalue weighted by Gasteiger charge is 1.82. The minimum Gasteiger partial charge on any atom is -0.402 e. The van der Waals surface area contributed by atoms with Crippen molar-refractivity contribution in [1.82, 2.24) is 0 Å². The molecule has 0 aliphatic rings. The van der Waals surface area contributed by atoms with Crippen LogP contribution in [0.3, 0.4) is 0 Å². The van der Waals surface area contributed by atoms with Crippen LogP contribution in [0.5, 0.6) is 0 Å². The van der Waals surface area contributed by atoms with Crippen LogP contribution in [0.2, 0.25) is 0 Å². The molecule has 0 spiro atoms. The topological polar surface area (TPSA) is 26.0 Å². The first-order valence-corrected chi connectivity index (χ1v) is 3.77. The molecule has 1 heteroatoms. The Kier molecular flexibility index (Phi) is 4.73. The van der Waals surface area contributed by atoms with Gasteiger partial charge in [-0.15, -0.1) is 0 Å². The molecule has 0 unspecified atom stereocenters. The SMILES string of the molecule is CCC/C=C(C)\C=C(\C)N. The fraction of sp³-hybridized carbons (Fsp3) is 0.556. The van der Waals surface area contributed by atoms with E-state index in [0.717, 1.165) is 12.1 Å². The molecule has 0 rings (SSSR count). The maximum absolute atomic E-state index is 5.49. The van der Waals surface area contributed by atoms with Gasteiger partial charge < -0.3 is 5.73 Å². The van der Waals surface area contributed by atoms with Crippen molar-refractivity contribution in [2.24, 2.45) is 5.73 Å². The first-order valence-electron chi connectivity index (χ1n) is 3.77. The third kappa shape index (κ3) is 5.42. The van der Waals surface area contributed by atoms with Gasteiger partial charge in [0.1, 0.15) is 0 Å². The number of hydrogen-bond acceptors (Lipinski definition) is 1. The Bertz CT molecular complexity index is 139. The predicted octanol–water partition coefficient (Wildman–Crippen LogP) is 2.60. The van der Waals surface area contributed by atoms with E-state index in [1.807, 2.05) is 13.0 Å². The second-order valence-corrected chi connectivity index (χ2v) is 2.63. The summed E-state index contributed by atoms with van der Waals surface area (Å²) in [6, 6.07) is 0. The minimum absolute atomic E-state index is 0.879. The van der Waals surface area contributed by atoms with Gasteiger partial charge in [-0.25, -0.2) is 0 Å². The zero-order valence-electron chi connectivity index (χ0n) is 7.15. The molecule has 2 N–H and O–H groups in total. The van der Waals surface area contributed by atoms with Gasteiger partial charge in [0.25, 0.3) is 0 Å². The predicted molar refractivity (Wildman–Crippen MR) is 46.6 cm³/mol. The van der Waals surface area contributed by atoms with Gasteiger partial charge in [-0.1, -0.05) is 25.0 Å². The van der Waals surface area contributed by atoms with Gasteiger partial charge in [0.05, 0.1) is 0 Å². The largest absolute Gasteiger partial charge is 0.402 e. The normalized spacial score (nSPS) is 13.9. The molecule has 0 aliphatic heterocycles. The number of allylic oxidation sites excluding steroid dienone is 4. The monoisotopic (exact) mass is 139 g/mol. The van der Waals surface area contributed by atoms with E-state index in [9.17, 15) is 0 Å². The fourth-order valence-electron chi connectivity index (χ4n) is 0.790. The summed E-state index contributed by atoms with van der Waals surface area (Å²) in [6.45, 7) is 6.15. The van der Waals surface area contributed by atoms with Gasteiger partial charge in [0.2, 0.25) is 0 Å². The highest BCUT2D eigenvalue weighted by Crippen LogP contribution is 2.00. The van der Waals surface area contributed by atoms with Crippen molar-refractivity contribution in [1.29, 1.82) is 0 Å². The molecular formula is C9H17N. The first-order chi connectivity index (χ1) is 4.66. The highest BCUT2D eigenvalue weighted by molar-refractivity contribution is 5.18. The summed E-state index contributed by atoms with van der Waals surface area (Å²) in [5.74, 6) is 0. The average Bonchev–Trinajstić information content (AvgIpc) is 1.82. The van der Waals surface area contributed by atoms with Gasteiger partial charge in [-0.2, -0.15) is 0 Å². The summed E-state index contributed by atoms with van der Waals surface area (Å²) in [6.07, 6.45) is 6.55.